The summed E-state index contributed by atoms with van der Waals surface area (Å²) in [5.74, 6) is -1.50. The molecule has 3 aromatic rings. The number of methoxy groups -OCH3 is 1. The predicted octanol–water partition coefficient (Wildman–Crippen LogP) is 5.94. The second-order valence-electron chi connectivity index (χ2n) is 7.35. The van der Waals surface area contributed by atoms with Crippen LogP contribution in [0.3, 0.4) is 0 Å². The van der Waals surface area contributed by atoms with E-state index in [1.165, 1.54) is 12.0 Å². The van der Waals surface area contributed by atoms with Crippen LogP contribution in [0.25, 0.3) is 5.76 Å². The zero-order valence-electron chi connectivity index (χ0n) is 17.3. The van der Waals surface area contributed by atoms with Crippen LogP contribution in [0.4, 0.5) is 5.69 Å². The van der Waals surface area contributed by atoms with Gasteiger partial charge in [-0.05, 0) is 54.4 Å². The number of ketones is 1. The minimum absolute atomic E-state index is 0.0430. The summed E-state index contributed by atoms with van der Waals surface area (Å²) in [6, 6.07) is 17.8. The van der Waals surface area contributed by atoms with Crippen LogP contribution in [-0.2, 0) is 9.59 Å². The maximum absolute atomic E-state index is 13.2. The van der Waals surface area contributed by atoms with Crippen LogP contribution in [0.15, 0.2) is 72.3 Å². The summed E-state index contributed by atoms with van der Waals surface area (Å²) in [6.07, 6.45) is 0. The average Bonchev–Trinajstić information content (AvgIpc) is 3.06. The zero-order valence-corrected chi connectivity index (χ0v) is 18.8. The molecular weight excluding hydrogens is 449 g/mol. The van der Waals surface area contributed by atoms with Gasteiger partial charge in [0.05, 0.1) is 24.3 Å². The van der Waals surface area contributed by atoms with Gasteiger partial charge in [-0.3, -0.25) is 14.5 Å². The standard InChI is InChI=1S/C25H19Cl2NO4/c1-14-7-12-17(13-19(14)27)28-22(15-8-10-16(26)11-9-15)21(24(30)25(28)31)23(29)18-5-3-4-6-20(18)32-2/h3-13,22,29H,1-2H3/b23-21+. The molecule has 5 nitrogen and oxygen atoms in total. The smallest absolute Gasteiger partial charge is 0.300 e. The Bertz CT molecular complexity index is 1250. The third-order valence-electron chi connectivity index (χ3n) is 5.43. The number of aliphatic hydroxyl groups is 1. The van der Waals surface area contributed by atoms with Gasteiger partial charge in [-0.2, -0.15) is 0 Å². The van der Waals surface area contributed by atoms with Crippen molar-refractivity contribution in [3.63, 3.8) is 0 Å². The van der Waals surface area contributed by atoms with Crippen molar-refractivity contribution in [1.82, 2.24) is 0 Å². The van der Waals surface area contributed by atoms with E-state index < -0.39 is 17.7 Å². The van der Waals surface area contributed by atoms with Crippen molar-refractivity contribution >= 4 is 46.3 Å². The Morgan fingerprint density at radius 3 is 2.34 bits per heavy atom. The molecule has 1 unspecified atom stereocenters. The molecule has 32 heavy (non-hydrogen) atoms. The Morgan fingerprint density at radius 1 is 1.00 bits per heavy atom. The first-order valence-corrected chi connectivity index (χ1v) is 10.5. The molecule has 0 radical (unpaired) electrons. The largest absolute Gasteiger partial charge is 0.507 e. The summed E-state index contributed by atoms with van der Waals surface area (Å²) in [7, 11) is 1.47. The molecule has 1 amide bonds. The number of anilines is 1. The molecule has 0 aliphatic carbocycles. The van der Waals surface area contributed by atoms with Crippen LogP contribution in [0, 0.1) is 6.92 Å². The lowest BCUT2D eigenvalue weighted by Gasteiger charge is -2.26. The van der Waals surface area contributed by atoms with Gasteiger partial charge in [0.1, 0.15) is 11.5 Å². The second-order valence-corrected chi connectivity index (χ2v) is 8.20. The lowest BCUT2D eigenvalue weighted by Crippen LogP contribution is -2.29. The Morgan fingerprint density at radius 2 is 1.69 bits per heavy atom. The first-order chi connectivity index (χ1) is 15.3. The van der Waals surface area contributed by atoms with Gasteiger partial charge in [0.15, 0.2) is 0 Å². The molecule has 1 aliphatic rings. The van der Waals surface area contributed by atoms with Crippen molar-refractivity contribution in [3.05, 3.63) is 99.0 Å². The van der Waals surface area contributed by atoms with Crippen LogP contribution in [0.5, 0.6) is 5.75 Å². The predicted molar refractivity (Wildman–Crippen MR) is 125 cm³/mol. The minimum Gasteiger partial charge on any atom is -0.507 e. The number of aliphatic hydroxyl groups excluding tert-OH is 1. The highest BCUT2D eigenvalue weighted by molar-refractivity contribution is 6.52. The van der Waals surface area contributed by atoms with Crippen molar-refractivity contribution in [1.29, 1.82) is 0 Å². The van der Waals surface area contributed by atoms with Gasteiger partial charge >= 0.3 is 0 Å². The number of carbonyl (C=O) groups excluding carboxylic acids is 2. The van der Waals surface area contributed by atoms with Gasteiger partial charge in [0.25, 0.3) is 11.7 Å². The number of hydrogen-bond donors (Lipinski definition) is 1. The third-order valence-corrected chi connectivity index (χ3v) is 6.09. The highest BCUT2D eigenvalue weighted by atomic mass is 35.5. The van der Waals surface area contributed by atoms with E-state index >= 15 is 0 Å². The van der Waals surface area contributed by atoms with Crippen molar-refractivity contribution in [2.24, 2.45) is 0 Å². The Labute approximate surface area is 195 Å². The molecule has 1 heterocycles. The summed E-state index contributed by atoms with van der Waals surface area (Å²) in [4.78, 5) is 27.7. The summed E-state index contributed by atoms with van der Waals surface area (Å²) in [5, 5.41) is 12.2. The van der Waals surface area contributed by atoms with E-state index in [-0.39, 0.29) is 11.3 Å². The number of para-hydroxylation sites is 1. The van der Waals surface area contributed by atoms with Gasteiger partial charge in [0, 0.05) is 15.7 Å². The molecule has 162 valence electrons. The molecule has 0 aromatic heterocycles. The van der Waals surface area contributed by atoms with Gasteiger partial charge in [-0.1, -0.05) is 53.5 Å². The van der Waals surface area contributed by atoms with E-state index in [9.17, 15) is 14.7 Å². The van der Waals surface area contributed by atoms with E-state index in [0.29, 0.717) is 32.6 Å². The van der Waals surface area contributed by atoms with Crippen LogP contribution < -0.4 is 9.64 Å². The highest BCUT2D eigenvalue weighted by Crippen LogP contribution is 2.44. The Hall–Kier alpha value is -3.28. The summed E-state index contributed by atoms with van der Waals surface area (Å²) >= 11 is 12.4. The molecule has 3 aromatic carbocycles. The minimum atomic E-state index is -0.879. The fourth-order valence-electron chi connectivity index (χ4n) is 3.78. The van der Waals surface area contributed by atoms with E-state index in [2.05, 4.69) is 0 Å². The Balaban J connectivity index is 1.98. The lowest BCUT2D eigenvalue weighted by molar-refractivity contribution is -0.132. The number of Topliss-reactive ketones (excluding diaryl/α,β-unsaturated/α-hetero) is 1. The van der Waals surface area contributed by atoms with Gasteiger partial charge < -0.3 is 9.84 Å². The third kappa shape index (κ3) is 3.74. The van der Waals surface area contributed by atoms with E-state index in [1.807, 2.05) is 6.92 Å². The number of halogens is 2. The maximum Gasteiger partial charge on any atom is 0.300 e. The molecule has 4 rings (SSSR count). The molecule has 1 saturated heterocycles. The number of ether oxygens (including phenoxy) is 1. The van der Waals surface area contributed by atoms with Gasteiger partial charge in [-0.15, -0.1) is 0 Å². The molecule has 1 fully saturated rings. The van der Waals surface area contributed by atoms with Crippen LogP contribution in [0.2, 0.25) is 10.0 Å². The van der Waals surface area contributed by atoms with Crippen LogP contribution in [0.1, 0.15) is 22.7 Å². The summed E-state index contributed by atoms with van der Waals surface area (Å²) < 4.78 is 5.35. The summed E-state index contributed by atoms with van der Waals surface area (Å²) in [5.41, 5.74) is 2.17. The van der Waals surface area contributed by atoms with E-state index in [4.69, 9.17) is 27.9 Å². The second kappa shape index (κ2) is 8.69. The van der Waals surface area contributed by atoms with Crippen LogP contribution in [-0.4, -0.2) is 23.9 Å². The number of benzene rings is 3. The molecule has 0 bridgehead atoms. The zero-order chi connectivity index (χ0) is 23.0. The first-order valence-electron chi connectivity index (χ1n) is 9.79. The number of nitrogens with zero attached hydrogens (tertiary/aromatic N) is 1. The number of carbonyl (C=O) groups is 2. The molecule has 7 heteroatoms. The number of rotatable bonds is 4. The molecular formula is C25H19Cl2NO4. The molecule has 0 saturated carbocycles. The average molecular weight is 468 g/mol. The van der Waals surface area contributed by atoms with Gasteiger partial charge in [-0.25, -0.2) is 0 Å². The van der Waals surface area contributed by atoms with Crippen molar-refractivity contribution in [3.8, 4) is 5.75 Å². The van der Waals surface area contributed by atoms with Crippen molar-refractivity contribution in [2.45, 2.75) is 13.0 Å². The van der Waals surface area contributed by atoms with E-state index in [1.54, 1.807) is 66.7 Å². The fraction of sp³-hybridized carbons (Fsp3) is 0.120. The van der Waals surface area contributed by atoms with Gasteiger partial charge in [0.2, 0.25) is 0 Å². The SMILES string of the molecule is COc1ccccc1/C(O)=C1\C(=O)C(=O)N(c2ccc(C)c(Cl)c2)C1c1ccc(Cl)cc1. The quantitative estimate of drug-likeness (QED) is 0.293. The normalized spacial score (nSPS) is 17.6. The maximum atomic E-state index is 13.2. The number of aryl methyl sites for hydroxylation is 1. The lowest BCUT2D eigenvalue weighted by atomic mass is 9.95. The monoisotopic (exact) mass is 467 g/mol. The first kappa shape index (κ1) is 21.9. The topological polar surface area (TPSA) is 66.8 Å². The molecule has 1 atom stereocenters. The van der Waals surface area contributed by atoms with Crippen LogP contribution >= 0.6 is 23.2 Å². The van der Waals surface area contributed by atoms with E-state index in [0.717, 1.165) is 5.56 Å². The van der Waals surface area contributed by atoms with Crippen molar-refractivity contribution < 1.29 is 19.4 Å². The number of hydrogen-bond acceptors (Lipinski definition) is 4. The highest BCUT2D eigenvalue weighted by Gasteiger charge is 2.47. The fourth-order valence-corrected chi connectivity index (χ4v) is 4.08. The molecule has 1 N–H and O–H groups in total. The Kier molecular flexibility index (Phi) is 5.96. The molecule has 1 aliphatic heterocycles. The number of amides is 1. The summed E-state index contributed by atoms with van der Waals surface area (Å²) in [6.45, 7) is 1.85. The molecule has 0 spiro atoms. The van der Waals surface area contributed by atoms with Crippen molar-refractivity contribution in [2.75, 3.05) is 12.0 Å².